The Bertz CT molecular complexity index is 1050. The van der Waals surface area contributed by atoms with Gasteiger partial charge in [-0.15, -0.1) is 0 Å². The predicted octanol–water partition coefficient (Wildman–Crippen LogP) is 3.82. The summed E-state index contributed by atoms with van der Waals surface area (Å²) in [6, 6.07) is 14.9. The molecule has 0 saturated carbocycles. The predicted molar refractivity (Wildman–Crippen MR) is 117 cm³/mol. The van der Waals surface area contributed by atoms with E-state index in [9.17, 15) is 9.59 Å². The molecular formula is C24H27N3O4. The molecule has 2 aromatic carbocycles. The van der Waals surface area contributed by atoms with Crippen molar-refractivity contribution in [1.82, 2.24) is 14.9 Å². The number of benzene rings is 2. The molecule has 0 bridgehead atoms. The van der Waals surface area contributed by atoms with Crippen LogP contribution in [0.25, 0.3) is 11.0 Å². The van der Waals surface area contributed by atoms with Crippen molar-refractivity contribution in [3.8, 4) is 5.75 Å². The average molecular weight is 421 g/mol. The summed E-state index contributed by atoms with van der Waals surface area (Å²) in [6.45, 7) is 3.43. The number of carbonyl (C=O) groups excluding carboxylic acids is 2. The summed E-state index contributed by atoms with van der Waals surface area (Å²) < 4.78 is 11.3. The van der Waals surface area contributed by atoms with Gasteiger partial charge >= 0.3 is 5.97 Å². The van der Waals surface area contributed by atoms with Crippen molar-refractivity contribution in [2.24, 2.45) is 5.41 Å². The third kappa shape index (κ3) is 4.55. The third-order valence-electron chi connectivity index (χ3n) is 5.83. The van der Waals surface area contributed by atoms with Crippen LogP contribution in [0.15, 0.2) is 54.9 Å². The van der Waals surface area contributed by atoms with Gasteiger partial charge in [-0.2, -0.15) is 0 Å². The number of fused-ring (bicyclic) bond motifs is 1. The number of ether oxygens (including phenoxy) is 2. The van der Waals surface area contributed by atoms with Gasteiger partial charge in [0.15, 0.2) is 0 Å². The molecule has 7 nitrogen and oxygen atoms in total. The van der Waals surface area contributed by atoms with Crippen LogP contribution in [-0.4, -0.2) is 53.0 Å². The molecule has 1 amide bonds. The average Bonchev–Trinajstić information content (AvgIpc) is 3.27. The minimum atomic E-state index is -0.767. The van der Waals surface area contributed by atoms with Crippen LogP contribution < -0.4 is 4.74 Å². The molecule has 4 rings (SSSR count). The number of imidazole rings is 1. The third-order valence-corrected chi connectivity index (χ3v) is 5.83. The minimum Gasteiger partial charge on any atom is -0.494 e. The molecule has 1 saturated heterocycles. The van der Waals surface area contributed by atoms with E-state index < -0.39 is 5.41 Å². The molecule has 7 heteroatoms. The first-order chi connectivity index (χ1) is 15.1. The summed E-state index contributed by atoms with van der Waals surface area (Å²) in [6.07, 6.45) is 3.51. The van der Waals surface area contributed by atoms with Gasteiger partial charge in [0.1, 0.15) is 5.75 Å². The fourth-order valence-corrected chi connectivity index (χ4v) is 4.19. The van der Waals surface area contributed by atoms with Crippen LogP contribution in [0.1, 0.15) is 36.5 Å². The van der Waals surface area contributed by atoms with Gasteiger partial charge in [-0.1, -0.05) is 18.2 Å². The van der Waals surface area contributed by atoms with Crippen LogP contribution in [-0.2, 0) is 9.53 Å². The number of hydrogen-bond donors (Lipinski definition) is 1. The van der Waals surface area contributed by atoms with Crippen molar-refractivity contribution in [2.75, 3.05) is 26.3 Å². The summed E-state index contributed by atoms with van der Waals surface area (Å²) in [4.78, 5) is 35.2. The van der Waals surface area contributed by atoms with Gasteiger partial charge in [0.05, 0.1) is 36.0 Å². The van der Waals surface area contributed by atoms with Crippen LogP contribution in [0.4, 0.5) is 0 Å². The first kappa shape index (κ1) is 20.9. The maximum atomic E-state index is 13.2. The van der Waals surface area contributed by atoms with E-state index in [2.05, 4.69) is 9.97 Å². The van der Waals surface area contributed by atoms with Crippen molar-refractivity contribution >= 4 is 22.9 Å². The Kier molecular flexibility index (Phi) is 6.21. The van der Waals surface area contributed by atoms with E-state index in [1.807, 2.05) is 42.5 Å². The molecule has 1 atom stereocenters. The number of aromatic nitrogens is 2. The van der Waals surface area contributed by atoms with Gasteiger partial charge < -0.3 is 19.4 Å². The number of rotatable bonds is 7. The van der Waals surface area contributed by atoms with Crippen molar-refractivity contribution in [1.29, 1.82) is 0 Å². The molecule has 1 aliphatic rings. The van der Waals surface area contributed by atoms with Crippen LogP contribution in [0.3, 0.4) is 0 Å². The summed E-state index contributed by atoms with van der Waals surface area (Å²) in [5, 5.41) is 0. The summed E-state index contributed by atoms with van der Waals surface area (Å²) in [5.74, 6) is 0.417. The van der Waals surface area contributed by atoms with Crippen LogP contribution >= 0.6 is 0 Å². The number of piperidine rings is 1. The molecular weight excluding hydrogens is 394 g/mol. The van der Waals surface area contributed by atoms with Crippen LogP contribution in [0.2, 0.25) is 0 Å². The highest BCUT2D eigenvalue weighted by molar-refractivity contribution is 5.97. The van der Waals surface area contributed by atoms with Gasteiger partial charge in [-0.05, 0) is 56.5 Å². The second-order valence-electron chi connectivity index (χ2n) is 7.88. The lowest BCUT2D eigenvalue weighted by Crippen LogP contribution is -2.51. The Morgan fingerprint density at radius 1 is 1.19 bits per heavy atom. The zero-order valence-corrected chi connectivity index (χ0v) is 17.7. The fourth-order valence-electron chi connectivity index (χ4n) is 4.19. The Morgan fingerprint density at radius 3 is 2.84 bits per heavy atom. The lowest BCUT2D eigenvalue weighted by molar-refractivity contribution is -0.159. The highest BCUT2D eigenvalue weighted by atomic mass is 16.5. The van der Waals surface area contributed by atoms with E-state index in [0.717, 1.165) is 23.2 Å². The quantitative estimate of drug-likeness (QED) is 0.587. The number of carbonyl (C=O) groups is 2. The molecule has 162 valence electrons. The van der Waals surface area contributed by atoms with Gasteiger partial charge in [0.25, 0.3) is 5.91 Å². The number of para-hydroxylation sites is 1. The van der Waals surface area contributed by atoms with Crippen molar-refractivity contribution in [2.45, 2.75) is 26.2 Å². The van der Waals surface area contributed by atoms with Gasteiger partial charge in [-0.25, -0.2) is 4.98 Å². The maximum Gasteiger partial charge on any atom is 0.314 e. The Labute approximate surface area is 181 Å². The number of nitrogens with one attached hydrogen (secondary N) is 1. The molecule has 31 heavy (non-hydrogen) atoms. The van der Waals surface area contributed by atoms with E-state index in [4.69, 9.17) is 9.47 Å². The zero-order valence-electron chi connectivity index (χ0n) is 17.7. The topological polar surface area (TPSA) is 84.5 Å². The molecule has 0 unspecified atom stereocenters. The van der Waals surface area contributed by atoms with Crippen molar-refractivity contribution in [3.05, 3.63) is 60.4 Å². The van der Waals surface area contributed by atoms with E-state index in [-0.39, 0.29) is 11.9 Å². The Morgan fingerprint density at radius 2 is 2.03 bits per heavy atom. The normalized spacial score (nSPS) is 18.7. The number of likely N-dealkylation sites (tertiary alicyclic amines) is 1. The van der Waals surface area contributed by atoms with Crippen molar-refractivity contribution < 1.29 is 19.1 Å². The van der Waals surface area contributed by atoms with Gasteiger partial charge in [-0.3, -0.25) is 9.59 Å². The molecule has 3 aromatic rings. The maximum absolute atomic E-state index is 13.2. The number of aromatic amines is 1. The molecule has 0 spiro atoms. The smallest absolute Gasteiger partial charge is 0.314 e. The lowest BCUT2D eigenvalue weighted by atomic mass is 9.77. The molecule has 2 heterocycles. The number of hydrogen-bond acceptors (Lipinski definition) is 5. The number of esters is 1. The number of nitrogens with zero attached hydrogens (tertiary/aromatic N) is 2. The van der Waals surface area contributed by atoms with E-state index in [1.54, 1.807) is 24.2 Å². The second kappa shape index (κ2) is 9.20. The number of H-pyrrole nitrogens is 1. The van der Waals surface area contributed by atoms with E-state index >= 15 is 0 Å². The molecule has 1 aliphatic heterocycles. The Balaban J connectivity index is 1.50. The lowest BCUT2D eigenvalue weighted by Gasteiger charge is -2.41. The molecule has 0 radical (unpaired) electrons. The SMILES string of the molecule is CCOC(=O)[C@@]1(CCOc2ccccc2)CCCN(C(=O)c2ccc3nc[nH]c3c2)C1. The summed E-state index contributed by atoms with van der Waals surface area (Å²) in [5.41, 5.74) is 1.44. The largest absolute Gasteiger partial charge is 0.494 e. The van der Waals surface area contributed by atoms with Crippen LogP contribution in [0.5, 0.6) is 5.75 Å². The van der Waals surface area contributed by atoms with Crippen LogP contribution in [0, 0.1) is 5.41 Å². The molecule has 1 fully saturated rings. The molecule has 1 N–H and O–H groups in total. The van der Waals surface area contributed by atoms with Crippen molar-refractivity contribution in [3.63, 3.8) is 0 Å². The second-order valence-corrected chi connectivity index (χ2v) is 7.88. The first-order valence-electron chi connectivity index (χ1n) is 10.7. The van der Waals surface area contributed by atoms with Gasteiger partial charge in [0.2, 0.25) is 0 Å². The summed E-state index contributed by atoms with van der Waals surface area (Å²) in [7, 11) is 0. The Hall–Kier alpha value is -3.35. The highest BCUT2D eigenvalue weighted by Gasteiger charge is 2.44. The minimum absolute atomic E-state index is 0.0890. The van der Waals surface area contributed by atoms with E-state index in [0.29, 0.717) is 44.7 Å². The first-order valence-corrected chi connectivity index (χ1v) is 10.7. The molecule has 0 aliphatic carbocycles. The summed E-state index contributed by atoms with van der Waals surface area (Å²) >= 11 is 0. The van der Waals surface area contributed by atoms with E-state index in [1.165, 1.54) is 0 Å². The highest BCUT2D eigenvalue weighted by Crippen LogP contribution is 2.36. The standard InChI is InChI=1S/C24H27N3O4/c1-2-30-23(29)24(12-14-31-19-7-4-3-5-8-19)11-6-13-27(16-24)22(28)18-9-10-20-21(15-18)26-17-25-20/h3-5,7-10,15,17H,2,6,11-14,16H2,1H3,(H,25,26)/t24-/m1/s1. The monoisotopic (exact) mass is 421 g/mol. The fraction of sp³-hybridized carbons (Fsp3) is 0.375. The number of amides is 1. The molecule has 1 aromatic heterocycles. The zero-order chi connectivity index (χ0) is 21.7. The van der Waals surface area contributed by atoms with Gasteiger partial charge in [0, 0.05) is 18.7 Å².